The SMILES string of the molecule is C#CC(CC)NCC(=O)O. The predicted octanol–water partition coefficient (Wildman–Crippen LogP) is 0.0724. The monoisotopic (exact) mass is 141 g/mol. The van der Waals surface area contributed by atoms with E-state index < -0.39 is 5.97 Å². The Balaban J connectivity index is 3.47. The molecule has 0 rings (SSSR count). The van der Waals surface area contributed by atoms with Crippen molar-refractivity contribution in [2.24, 2.45) is 0 Å². The largest absolute Gasteiger partial charge is 0.480 e. The first-order chi connectivity index (χ1) is 4.70. The molecule has 0 aromatic rings. The van der Waals surface area contributed by atoms with Crippen LogP contribution >= 0.6 is 0 Å². The Labute approximate surface area is 60.4 Å². The summed E-state index contributed by atoms with van der Waals surface area (Å²) in [4.78, 5) is 10.0. The fraction of sp³-hybridized carbons (Fsp3) is 0.571. The van der Waals surface area contributed by atoms with Gasteiger partial charge in [0.05, 0.1) is 12.6 Å². The molecule has 0 radical (unpaired) electrons. The van der Waals surface area contributed by atoms with E-state index in [0.29, 0.717) is 0 Å². The molecule has 10 heavy (non-hydrogen) atoms. The Morgan fingerprint density at radius 2 is 2.50 bits per heavy atom. The lowest BCUT2D eigenvalue weighted by atomic mass is 10.2. The molecule has 0 bridgehead atoms. The van der Waals surface area contributed by atoms with Crippen molar-refractivity contribution in [1.82, 2.24) is 5.32 Å². The van der Waals surface area contributed by atoms with Crippen LogP contribution in [-0.2, 0) is 4.79 Å². The van der Waals surface area contributed by atoms with Crippen LogP contribution in [0.3, 0.4) is 0 Å². The molecule has 0 saturated heterocycles. The van der Waals surface area contributed by atoms with E-state index in [1.165, 1.54) is 0 Å². The van der Waals surface area contributed by atoms with Gasteiger partial charge in [-0.25, -0.2) is 0 Å². The molecule has 0 aliphatic rings. The van der Waals surface area contributed by atoms with Gasteiger partial charge < -0.3 is 5.11 Å². The maximum atomic E-state index is 10.0. The summed E-state index contributed by atoms with van der Waals surface area (Å²) in [6.45, 7) is 1.84. The standard InChI is InChI=1S/C7H11NO2/c1-3-6(4-2)8-5-7(9)10/h1,6,8H,4-5H2,2H3,(H,9,10). The number of carboxylic acids is 1. The highest BCUT2D eigenvalue weighted by Gasteiger charge is 2.01. The Morgan fingerprint density at radius 1 is 1.90 bits per heavy atom. The average Bonchev–Trinajstić information content (AvgIpc) is 1.90. The summed E-state index contributed by atoms with van der Waals surface area (Å²) in [5, 5.41) is 10.9. The molecule has 3 heteroatoms. The van der Waals surface area contributed by atoms with E-state index >= 15 is 0 Å². The van der Waals surface area contributed by atoms with E-state index in [1.807, 2.05) is 6.92 Å². The first kappa shape index (κ1) is 8.99. The molecule has 0 aliphatic carbocycles. The van der Waals surface area contributed by atoms with Gasteiger partial charge >= 0.3 is 5.97 Å². The van der Waals surface area contributed by atoms with Gasteiger partial charge in [0.2, 0.25) is 0 Å². The Hall–Kier alpha value is -1.01. The third-order valence-corrected chi connectivity index (χ3v) is 1.11. The zero-order chi connectivity index (χ0) is 7.98. The van der Waals surface area contributed by atoms with Gasteiger partial charge in [0.15, 0.2) is 0 Å². The molecule has 1 atom stereocenters. The van der Waals surface area contributed by atoms with Crippen LogP contribution < -0.4 is 5.32 Å². The fourth-order valence-electron chi connectivity index (χ4n) is 0.532. The molecule has 0 aliphatic heterocycles. The van der Waals surface area contributed by atoms with Gasteiger partial charge in [-0.05, 0) is 6.42 Å². The second-order valence-corrected chi connectivity index (χ2v) is 1.90. The zero-order valence-electron chi connectivity index (χ0n) is 5.92. The third-order valence-electron chi connectivity index (χ3n) is 1.11. The van der Waals surface area contributed by atoms with E-state index in [-0.39, 0.29) is 12.6 Å². The topological polar surface area (TPSA) is 49.3 Å². The van der Waals surface area contributed by atoms with Crippen molar-refractivity contribution >= 4 is 5.97 Å². The molecular weight excluding hydrogens is 130 g/mol. The van der Waals surface area contributed by atoms with Crippen molar-refractivity contribution in [3.05, 3.63) is 0 Å². The van der Waals surface area contributed by atoms with Gasteiger partial charge in [0.25, 0.3) is 0 Å². The zero-order valence-corrected chi connectivity index (χ0v) is 5.92. The maximum absolute atomic E-state index is 10.0. The fourth-order valence-corrected chi connectivity index (χ4v) is 0.532. The van der Waals surface area contributed by atoms with Gasteiger partial charge in [-0.2, -0.15) is 0 Å². The van der Waals surface area contributed by atoms with E-state index in [1.54, 1.807) is 0 Å². The number of hydrogen-bond donors (Lipinski definition) is 2. The van der Waals surface area contributed by atoms with Crippen LogP contribution in [-0.4, -0.2) is 23.7 Å². The van der Waals surface area contributed by atoms with Crippen molar-refractivity contribution in [2.75, 3.05) is 6.54 Å². The lowest BCUT2D eigenvalue weighted by Gasteiger charge is -2.06. The summed E-state index contributed by atoms with van der Waals surface area (Å²) >= 11 is 0. The van der Waals surface area contributed by atoms with Gasteiger partial charge in [-0.15, -0.1) is 6.42 Å². The normalized spacial score (nSPS) is 12.0. The molecule has 56 valence electrons. The number of carboxylic acid groups (broad SMARTS) is 1. The summed E-state index contributed by atoms with van der Waals surface area (Å²) in [6, 6.07) is -0.115. The number of terminal acetylenes is 1. The second kappa shape index (κ2) is 4.83. The minimum absolute atomic E-state index is 0.0668. The number of hydrogen-bond acceptors (Lipinski definition) is 2. The molecule has 0 aromatic heterocycles. The van der Waals surface area contributed by atoms with Crippen LogP contribution in [0.15, 0.2) is 0 Å². The van der Waals surface area contributed by atoms with Crippen molar-refractivity contribution in [1.29, 1.82) is 0 Å². The van der Waals surface area contributed by atoms with Crippen LogP contribution in [0.1, 0.15) is 13.3 Å². The quantitative estimate of drug-likeness (QED) is 0.545. The second-order valence-electron chi connectivity index (χ2n) is 1.90. The molecule has 0 fully saturated rings. The minimum atomic E-state index is -0.881. The van der Waals surface area contributed by atoms with Gasteiger partial charge in [-0.3, -0.25) is 10.1 Å². The number of rotatable bonds is 4. The number of nitrogens with one attached hydrogen (secondary N) is 1. The molecule has 2 N–H and O–H groups in total. The Morgan fingerprint density at radius 3 is 2.80 bits per heavy atom. The molecule has 1 unspecified atom stereocenters. The van der Waals surface area contributed by atoms with E-state index in [4.69, 9.17) is 11.5 Å². The van der Waals surface area contributed by atoms with Gasteiger partial charge in [0.1, 0.15) is 0 Å². The van der Waals surface area contributed by atoms with Crippen LogP contribution in [0, 0.1) is 12.3 Å². The van der Waals surface area contributed by atoms with E-state index in [2.05, 4.69) is 11.2 Å². The first-order valence-electron chi connectivity index (χ1n) is 3.12. The Kier molecular flexibility index (Phi) is 4.34. The van der Waals surface area contributed by atoms with Crippen LogP contribution in [0.25, 0.3) is 0 Å². The molecular formula is C7H11NO2. The summed E-state index contributed by atoms with van der Waals surface area (Å²) in [5.74, 6) is 1.55. The third kappa shape index (κ3) is 3.93. The molecule has 3 nitrogen and oxygen atoms in total. The van der Waals surface area contributed by atoms with Crippen LogP contribution in [0.2, 0.25) is 0 Å². The van der Waals surface area contributed by atoms with Crippen molar-refractivity contribution in [2.45, 2.75) is 19.4 Å². The van der Waals surface area contributed by atoms with Crippen molar-refractivity contribution in [3.63, 3.8) is 0 Å². The van der Waals surface area contributed by atoms with E-state index in [0.717, 1.165) is 6.42 Å². The summed E-state index contributed by atoms with van der Waals surface area (Å²) in [5.41, 5.74) is 0. The highest BCUT2D eigenvalue weighted by molar-refractivity contribution is 5.69. The molecule has 0 amide bonds. The number of aliphatic carboxylic acids is 1. The first-order valence-corrected chi connectivity index (χ1v) is 3.12. The van der Waals surface area contributed by atoms with Gasteiger partial charge in [0, 0.05) is 0 Å². The Bertz CT molecular complexity index is 148. The molecule has 0 heterocycles. The van der Waals surface area contributed by atoms with E-state index in [9.17, 15) is 4.79 Å². The highest BCUT2D eigenvalue weighted by atomic mass is 16.4. The summed E-state index contributed by atoms with van der Waals surface area (Å²) in [6.07, 6.45) is 5.82. The maximum Gasteiger partial charge on any atom is 0.317 e. The molecule has 0 spiro atoms. The smallest absolute Gasteiger partial charge is 0.317 e. The predicted molar refractivity (Wildman–Crippen MR) is 38.6 cm³/mol. The highest BCUT2D eigenvalue weighted by Crippen LogP contribution is 1.85. The summed E-state index contributed by atoms with van der Waals surface area (Å²) < 4.78 is 0. The van der Waals surface area contributed by atoms with Crippen molar-refractivity contribution in [3.8, 4) is 12.3 Å². The van der Waals surface area contributed by atoms with Crippen LogP contribution in [0.5, 0.6) is 0 Å². The van der Waals surface area contributed by atoms with Gasteiger partial charge in [-0.1, -0.05) is 12.8 Å². The molecule has 0 aromatic carbocycles. The van der Waals surface area contributed by atoms with Crippen molar-refractivity contribution < 1.29 is 9.90 Å². The molecule has 0 saturated carbocycles. The lowest BCUT2D eigenvalue weighted by molar-refractivity contribution is -0.136. The number of carbonyl (C=O) groups is 1. The van der Waals surface area contributed by atoms with Crippen LogP contribution in [0.4, 0.5) is 0 Å². The average molecular weight is 141 g/mol. The lowest BCUT2D eigenvalue weighted by Crippen LogP contribution is -2.31. The minimum Gasteiger partial charge on any atom is -0.480 e. The summed E-state index contributed by atoms with van der Waals surface area (Å²) in [7, 11) is 0.